The first-order valence-corrected chi connectivity index (χ1v) is 10.6. The molecule has 7 nitrogen and oxygen atoms in total. The Balaban J connectivity index is 1.89. The lowest BCUT2D eigenvalue weighted by atomic mass is 9.79. The minimum atomic E-state index is -1.74. The SMILES string of the molecule is C#C[C@@H]1C[C@@]2(CN1C(=O)[C@H](CC(C)(C)F)NC(=O)OC(C)(C)C)C(=O)Nc1ccccc12. The molecule has 0 bridgehead atoms. The van der Waals surface area contributed by atoms with Gasteiger partial charge in [0, 0.05) is 18.7 Å². The summed E-state index contributed by atoms with van der Waals surface area (Å²) in [4.78, 5) is 40.2. The molecular formula is C24H30FN3O4. The van der Waals surface area contributed by atoms with Gasteiger partial charge in [-0.25, -0.2) is 9.18 Å². The lowest BCUT2D eigenvalue weighted by molar-refractivity contribution is -0.134. The summed E-state index contributed by atoms with van der Waals surface area (Å²) in [6.07, 6.45) is 4.88. The van der Waals surface area contributed by atoms with Crippen LogP contribution < -0.4 is 10.6 Å². The lowest BCUT2D eigenvalue weighted by Crippen LogP contribution is -2.53. The second kappa shape index (κ2) is 8.12. The van der Waals surface area contributed by atoms with Gasteiger partial charge in [-0.05, 0) is 52.7 Å². The lowest BCUT2D eigenvalue weighted by Gasteiger charge is -2.30. The van der Waals surface area contributed by atoms with Gasteiger partial charge in [-0.1, -0.05) is 24.1 Å². The second-order valence-corrected chi connectivity index (χ2v) is 10.1. The molecule has 2 heterocycles. The molecule has 32 heavy (non-hydrogen) atoms. The summed E-state index contributed by atoms with van der Waals surface area (Å²) in [5.74, 6) is 1.83. The van der Waals surface area contributed by atoms with Gasteiger partial charge in [-0.3, -0.25) is 9.59 Å². The number of halogens is 1. The smallest absolute Gasteiger partial charge is 0.408 e. The molecule has 1 aromatic rings. The fraction of sp³-hybridized carbons (Fsp3) is 0.542. The normalized spacial score (nSPS) is 23.3. The summed E-state index contributed by atoms with van der Waals surface area (Å²) in [7, 11) is 0. The van der Waals surface area contributed by atoms with E-state index in [0.717, 1.165) is 5.56 Å². The molecule has 0 aliphatic carbocycles. The first-order chi connectivity index (χ1) is 14.8. The molecule has 1 aromatic carbocycles. The molecular weight excluding hydrogens is 413 g/mol. The molecule has 2 aliphatic heterocycles. The van der Waals surface area contributed by atoms with E-state index in [1.807, 2.05) is 18.2 Å². The predicted octanol–water partition coefficient (Wildman–Crippen LogP) is 3.14. The molecule has 2 aliphatic rings. The highest BCUT2D eigenvalue weighted by Crippen LogP contribution is 2.46. The molecule has 0 saturated carbocycles. The number of nitrogens with one attached hydrogen (secondary N) is 2. The van der Waals surface area contributed by atoms with Crippen molar-refractivity contribution in [2.75, 3.05) is 11.9 Å². The van der Waals surface area contributed by atoms with Crippen LogP contribution in [-0.4, -0.2) is 52.7 Å². The van der Waals surface area contributed by atoms with Crippen molar-refractivity contribution in [1.82, 2.24) is 10.2 Å². The van der Waals surface area contributed by atoms with Crippen LogP contribution in [-0.2, 0) is 19.7 Å². The van der Waals surface area contributed by atoms with E-state index in [1.54, 1.807) is 26.8 Å². The van der Waals surface area contributed by atoms with E-state index in [2.05, 4.69) is 16.6 Å². The van der Waals surface area contributed by atoms with Crippen LogP contribution in [0.25, 0.3) is 0 Å². The van der Waals surface area contributed by atoms with E-state index in [4.69, 9.17) is 11.2 Å². The van der Waals surface area contributed by atoms with E-state index in [-0.39, 0.29) is 25.3 Å². The highest BCUT2D eigenvalue weighted by atomic mass is 19.1. The van der Waals surface area contributed by atoms with Gasteiger partial charge in [0.15, 0.2) is 0 Å². The van der Waals surface area contributed by atoms with Crippen LogP contribution >= 0.6 is 0 Å². The third-order valence-corrected chi connectivity index (χ3v) is 5.64. The monoisotopic (exact) mass is 443 g/mol. The van der Waals surface area contributed by atoms with Crippen LogP contribution in [0.2, 0.25) is 0 Å². The number of amides is 3. The Morgan fingerprint density at radius 3 is 2.59 bits per heavy atom. The van der Waals surface area contributed by atoms with Crippen molar-refractivity contribution >= 4 is 23.6 Å². The van der Waals surface area contributed by atoms with E-state index in [1.165, 1.54) is 18.7 Å². The molecule has 3 amide bonds. The number of benzene rings is 1. The van der Waals surface area contributed by atoms with Crippen molar-refractivity contribution in [3.05, 3.63) is 29.8 Å². The highest BCUT2D eigenvalue weighted by molar-refractivity contribution is 6.07. The van der Waals surface area contributed by atoms with Crippen molar-refractivity contribution in [2.24, 2.45) is 0 Å². The number of anilines is 1. The molecule has 8 heteroatoms. The Hall–Kier alpha value is -3.08. The quantitative estimate of drug-likeness (QED) is 0.700. The van der Waals surface area contributed by atoms with Crippen LogP contribution in [0.15, 0.2) is 24.3 Å². The Bertz CT molecular complexity index is 973. The Morgan fingerprint density at radius 1 is 1.34 bits per heavy atom. The van der Waals surface area contributed by atoms with Crippen LogP contribution in [0.4, 0.5) is 14.9 Å². The Kier molecular flexibility index (Phi) is 5.98. The van der Waals surface area contributed by atoms with Gasteiger partial charge in [0.1, 0.15) is 17.3 Å². The maximum absolute atomic E-state index is 14.5. The summed E-state index contributed by atoms with van der Waals surface area (Å²) < 4.78 is 19.8. The molecule has 3 rings (SSSR count). The van der Waals surface area contributed by atoms with Gasteiger partial charge in [0.05, 0.1) is 11.5 Å². The molecule has 0 unspecified atom stereocenters. The fourth-order valence-electron chi connectivity index (χ4n) is 4.35. The zero-order chi connectivity index (χ0) is 23.9. The van der Waals surface area contributed by atoms with Gasteiger partial charge >= 0.3 is 6.09 Å². The molecule has 172 valence electrons. The topological polar surface area (TPSA) is 87.7 Å². The summed E-state index contributed by atoms with van der Waals surface area (Å²) >= 11 is 0. The first-order valence-electron chi connectivity index (χ1n) is 10.6. The number of alkyl carbamates (subject to hydrolysis) is 1. The van der Waals surface area contributed by atoms with Crippen molar-refractivity contribution in [3.63, 3.8) is 0 Å². The number of carbonyl (C=O) groups excluding carboxylic acids is 3. The van der Waals surface area contributed by atoms with Crippen molar-refractivity contribution in [1.29, 1.82) is 0 Å². The third-order valence-electron chi connectivity index (χ3n) is 5.64. The number of alkyl halides is 1. The van der Waals surface area contributed by atoms with E-state index in [9.17, 15) is 18.8 Å². The molecule has 0 radical (unpaired) electrons. The van der Waals surface area contributed by atoms with Crippen molar-refractivity contribution in [3.8, 4) is 12.3 Å². The van der Waals surface area contributed by atoms with E-state index < -0.39 is 40.8 Å². The minimum Gasteiger partial charge on any atom is -0.444 e. The van der Waals surface area contributed by atoms with Crippen LogP contribution in [0.5, 0.6) is 0 Å². The number of carbonyl (C=O) groups is 3. The number of terminal acetylenes is 1. The van der Waals surface area contributed by atoms with Crippen molar-refractivity contribution in [2.45, 2.75) is 76.2 Å². The number of nitrogens with zero attached hydrogens (tertiary/aromatic N) is 1. The predicted molar refractivity (Wildman–Crippen MR) is 119 cm³/mol. The summed E-state index contributed by atoms with van der Waals surface area (Å²) in [6.45, 7) is 7.78. The maximum atomic E-state index is 14.5. The van der Waals surface area contributed by atoms with Crippen LogP contribution in [0, 0.1) is 12.3 Å². The van der Waals surface area contributed by atoms with E-state index in [0.29, 0.717) is 5.69 Å². The average molecular weight is 444 g/mol. The first kappa shape index (κ1) is 23.6. The number of likely N-dealkylation sites (tertiary alicyclic amines) is 1. The van der Waals surface area contributed by atoms with Gasteiger partial charge in [0.2, 0.25) is 11.8 Å². The summed E-state index contributed by atoms with van der Waals surface area (Å²) in [5.41, 5.74) is -2.03. The standard InChI is InChI=1S/C24H30FN3O4/c1-7-15-12-24(16-10-8-9-11-17(16)26-20(24)30)14-28(15)19(29)18(13-23(5,6)25)27-21(31)32-22(2,3)4/h1,8-11,15,18H,12-14H2,2-6H3,(H,26,30)(H,27,31)/t15-,18+,24+/m1/s1. The molecule has 0 aromatic heterocycles. The largest absolute Gasteiger partial charge is 0.444 e. The minimum absolute atomic E-state index is 0.0444. The zero-order valence-corrected chi connectivity index (χ0v) is 19.1. The van der Waals surface area contributed by atoms with Gasteiger partial charge in [-0.15, -0.1) is 6.42 Å². The molecule has 1 spiro atoms. The maximum Gasteiger partial charge on any atom is 0.408 e. The summed E-state index contributed by atoms with van der Waals surface area (Å²) in [5, 5.41) is 5.36. The molecule has 1 fully saturated rings. The van der Waals surface area contributed by atoms with E-state index >= 15 is 0 Å². The van der Waals surface area contributed by atoms with Gasteiger partial charge < -0.3 is 20.3 Å². The molecule has 1 saturated heterocycles. The van der Waals surface area contributed by atoms with Gasteiger partial charge in [-0.2, -0.15) is 0 Å². The number of para-hydroxylation sites is 1. The number of ether oxygens (including phenoxy) is 1. The fourth-order valence-corrected chi connectivity index (χ4v) is 4.35. The number of hydrogen-bond acceptors (Lipinski definition) is 4. The van der Waals surface area contributed by atoms with Crippen LogP contribution in [0.1, 0.15) is 53.0 Å². The number of rotatable bonds is 4. The summed E-state index contributed by atoms with van der Waals surface area (Å²) in [6, 6.07) is 5.42. The third kappa shape index (κ3) is 4.72. The van der Waals surface area contributed by atoms with Crippen LogP contribution in [0.3, 0.4) is 0 Å². The Morgan fingerprint density at radius 2 is 2.00 bits per heavy atom. The highest BCUT2D eigenvalue weighted by Gasteiger charge is 2.56. The van der Waals surface area contributed by atoms with Crippen molar-refractivity contribution < 1.29 is 23.5 Å². The molecule has 3 atom stereocenters. The van der Waals surface area contributed by atoms with Gasteiger partial charge in [0.25, 0.3) is 0 Å². The molecule has 2 N–H and O–H groups in total. The average Bonchev–Trinajstić information content (AvgIpc) is 3.17. The Labute approximate surface area is 188 Å². The second-order valence-electron chi connectivity index (χ2n) is 10.1. The number of hydrogen-bond donors (Lipinski definition) is 2. The number of fused-ring (bicyclic) bond motifs is 2. The zero-order valence-electron chi connectivity index (χ0n) is 19.1.